The minimum absolute atomic E-state index is 0. The minimum atomic E-state index is -0.0777. The van der Waals surface area contributed by atoms with Crippen LogP contribution in [0.4, 0.5) is 0 Å². The Morgan fingerprint density at radius 2 is 2.07 bits per heavy atom. The molecule has 8 heteroatoms. The van der Waals surface area contributed by atoms with E-state index in [9.17, 15) is 4.79 Å². The number of halogens is 1. The first-order chi connectivity index (χ1) is 12.6. The largest absolute Gasteiger partial charge is 0.486 e. The maximum Gasteiger partial charge on any atom is 0.225 e. The number of hydrogen-bond acceptors (Lipinski definition) is 4. The number of amides is 1. The molecule has 7 nitrogen and oxygen atoms in total. The van der Waals surface area contributed by atoms with Crippen LogP contribution in [0, 0.1) is 5.92 Å². The summed E-state index contributed by atoms with van der Waals surface area (Å²) in [7, 11) is 1.74. The number of carbonyl (C=O) groups is 1. The van der Waals surface area contributed by atoms with E-state index in [0.29, 0.717) is 19.7 Å². The molecule has 27 heavy (non-hydrogen) atoms. The molecule has 2 atom stereocenters. The first-order valence-electron chi connectivity index (χ1n) is 9.21. The Balaban J connectivity index is 0.00000261. The monoisotopic (exact) mass is 488 g/mol. The van der Waals surface area contributed by atoms with Gasteiger partial charge in [0.1, 0.15) is 12.7 Å². The van der Waals surface area contributed by atoms with E-state index in [1.54, 1.807) is 7.05 Å². The quantitative estimate of drug-likeness (QED) is 0.385. The fourth-order valence-electron chi connectivity index (χ4n) is 3.21. The molecule has 150 valence electrons. The number of aliphatic imine (C=N–C) groups is 1. The highest BCUT2D eigenvalue weighted by atomic mass is 127. The van der Waals surface area contributed by atoms with Crippen LogP contribution in [0.5, 0.6) is 11.5 Å². The van der Waals surface area contributed by atoms with E-state index < -0.39 is 0 Å². The summed E-state index contributed by atoms with van der Waals surface area (Å²) in [5.74, 6) is 2.52. The van der Waals surface area contributed by atoms with Crippen molar-refractivity contribution < 1.29 is 14.3 Å². The average Bonchev–Trinajstić information content (AvgIpc) is 3.12. The minimum Gasteiger partial charge on any atom is -0.486 e. The second-order valence-corrected chi connectivity index (χ2v) is 7.02. The molecule has 1 fully saturated rings. The lowest BCUT2D eigenvalue weighted by molar-refractivity contribution is -0.133. The summed E-state index contributed by atoms with van der Waals surface area (Å²) in [6, 6.07) is 7.90. The molecule has 1 amide bonds. The van der Waals surface area contributed by atoms with Crippen LogP contribution in [-0.2, 0) is 4.79 Å². The summed E-state index contributed by atoms with van der Waals surface area (Å²) in [4.78, 5) is 18.3. The zero-order chi connectivity index (χ0) is 18.5. The zero-order valence-corrected chi connectivity index (χ0v) is 18.4. The fourth-order valence-corrected chi connectivity index (χ4v) is 3.21. The number of ether oxygens (including phenoxy) is 2. The van der Waals surface area contributed by atoms with E-state index in [1.165, 1.54) is 0 Å². The van der Waals surface area contributed by atoms with Gasteiger partial charge in [-0.2, -0.15) is 0 Å². The topological polar surface area (TPSA) is 75.2 Å². The molecule has 2 aliphatic heterocycles. The Labute approximate surface area is 177 Å². The number of nitrogens with one attached hydrogen (secondary N) is 2. The van der Waals surface area contributed by atoms with Crippen LogP contribution in [0.1, 0.15) is 20.3 Å². The predicted molar refractivity (Wildman–Crippen MR) is 116 cm³/mol. The lowest BCUT2D eigenvalue weighted by Gasteiger charge is -2.27. The summed E-state index contributed by atoms with van der Waals surface area (Å²) in [5, 5.41) is 6.69. The molecule has 3 rings (SSSR count). The maximum atomic E-state index is 12.1. The number of guanidine groups is 1. The van der Waals surface area contributed by atoms with Crippen LogP contribution < -0.4 is 20.1 Å². The Bertz CT molecular complexity index is 668. The molecule has 0 saturated carbocycles. The highest BCUT2D eigenvalue weighted by molar-refractivity contribution is 14.0. The molecule has 2 heterocycles. The van der Waals surface area contributed by atoms with Gasteiger partial charge >= 0.3 is 0 Å². The van der Waals surface area contributed by atoms with Crippen LogP contribution in [0.3, 0.4) is 0 Å². The van der Waals surface area contributed by atoms with Crippen LogP contribution in [-0.4, -0.2) is 62.2 Å². The highest BCUT2D eigenvalue weighted by Gasteiger charge is 2.28. The summed E-state index contributed by atoms with van der Waals surface area (Å²) in [6.07, 6.45) is 0.848. The number of nitrogens with zero attached hydrogens (tertiary/aromatic N) is 2. The molecule has 0 spiro atoms. The lowest BCUT2D eigenvalue weighted by Crippen LogP contribution is -2.49. The number of carbonyl (C=O) groups excluding carboxylic acids is 1. The Morgan fingerprint density at radius 3 is 2.78 bits per heavy atom. The van der Waals surface area contributed by atoms with E-state index in [0.717, 1.165) is 30.4 Å². The van der Waals surface area contributed by atoms with Gasteiger partial charge in [0.15, 0.2) is 17.5 Å². The first-order valence-corrected chi connectivity index (χ1v) is 9.21. The summed E-state index contributed by atoms with van der Waals surface area (Å²) < 4.78 is 11.7. The molecule has 2 N–H and O–H groups in total. The van der Waals surface area contributed by atoms with E-state index in [2.05, 4.69) is 15.6 Å². The second kappa shape index (κ2) is 10.0. The van der Waals surface area contributed by atoms with Gasteiger partial charge in [-0.15, -0.1) is 24.0 Å². The van der Waals surface area contributed by atoms with Gasteiger partial charge < -0.3 is 25.0 Å². The summed E-state index contributed by atoms with van der Waals surface area (Å²) >= 11 is 0. The van der Waals surface area contributed by atoms with Crippen molar-refractivity contribution in [2.24, 2.45) is 10.9 Å². The summed E-state index contributed by atoms with van der Waals surface area (Å²) in [6.45, 7) is 6.48. The number of para-hydroxylation sites is 2. The predicted octanol–water partition coefficient (Wildman–Crippen LogP) is 1.87. The molecule has 1 saturated heterocycles. The number of fused-ring (bicyclic) bond motifs is 1. The van der Waals surface area contributed by atoms with Crippen molar-refractivity contribution in [3.63, 3.8) is 0 Å². The third-order valence-electron chi connectivity index (χ3n) is 4.62. The SMILES string of the molecule is CN=C(NCC1COc2ccccc2O1)NC1CCN(C(=O)C(C)C)C1.I. The summed E-state index contributed by atoms with van der Waals surface area (Å²) in [5.41, 5.74) is 0. The molecular weight excluding hydrogens is 459 g/mol. The number of benzene rings is 1. The first kappa shape index (κ1) is 21.6. The van der Waals surface area contributed by atoms with Crippen LogP contribution in [0.15, 0.2) is 29.3 Å². The van der Waals surface area contributed by atoms with E-state index in [1.807, 2.05) is 43.0 Å². The maximum absolute atomic E-state index is 12.1. The van der Waals surface area contributed by atoms with Crippen molar-refractivity contribution in [1.82, 2.24) is 15.5 Å². The standard InChI is InChI=1S/C19H28N4O3.HI/c1-13(2)18(24)23-9-8-14(11-23)22-19(20-3)21-10-15-12-25-16-6-4-5-7-17(16)26-15;/h4-7,13-15H,8-12H2,1-3H3,(H2,20,21,22);1H. The van der Waals surface area contributed by atoms with Crippen molar-refractivity contribution in [1.29, 1.82) is 0 Å². The number of rotatable bonds is 4. The molecule has 0 aromatic heterocycles. The molecule has 0 aliphatic carbocycles. The zero-order valence-electron chi connectivity index (χ0n) is 16.1. The van der Waals surface area contributed by atoms with E-state index >= 15 is 0 Å². The van der Waals surface area contributed by atoms with Gasteiger partial charge in [0, 0.05) is 32.1 Å². The van der Waals surface area contributed by atoms with Gasteiger partial charge in [-0.1, -0.05) is 26.0 Å². The van der Waals surface area contributed by atoms with Gasteiger partial charge in [-0.25, -0.2) is 0 Å². The smallest absolute Gasteiger partial charge is 0.225 e. The molecule has 1 aromatic rings. The van der Waals surface area contributed by atoms with Crippen molar-refractivity contribution in [2.75, 3.05) is 33.3 Å². The van der Waals surface area contributed by atoms with Gasteiger partial charge in [0.05, 0.1) is 6.54 Å². The van der Waals surface area contributed by atoms with Gasteiger partial charge in [-0.05, 0) is 18.6 Å². The van der Waals surface area contributed by atoms with Gasteiger partial charge in [0.25, 0.3) is 0 Å². The number of hydrogen-bond donors (Lipinski definition) is 2. The Morgan fingerprint density at radius 1 is 1.33 bits per heavy atom. The normalized spacial score (nSPS) is 21.6. The van der Waals surface area contributed by atoms with E-state index in [4.69, 9.17) is 9.47 Å². The van der Waals surface area contributed by atoms with Crippen molar-refractivity contribution in [3.8, 4) is 11.5 Å². The van der Waals surface area contributed by atoms with Gasteiger partial charge in [-0.3, -0.25) is 9.79 Å². The molecule has 0 radical (unpaired) electrons. The molecule has 2 aliphatic rings. The van der Waals surface area contributed by atoms with Gasteiger partial charge in [0.2, 0.25) is 5.91 Å². The number of likely N-dealkylation sites (tertiary alicyclic amines) is 1. The van der Waals surface area contributed by atoms with Crippen molar-refractivity contribution in [2.45, 2.75) is 32.4 Å². The molecule has 0 bridgehead atoms. The Kier molecular flexibility index (Phi) is 8.00. The third kappa shape index (κ3) is 5.63. The highest BCUT2D eigenvalue weighted by Crippen LogP contribution is 2.30. The molecular formula is C19H29IN4O3. The van der Waals surface area contributed by atoms with Crippen LogP contribution in [0.25, 0.3) is 0 Å². The van der Waals surface area contributed by atoms with Crippen LogP contribution in [0.2, 0.25) is 0 Å². The van der Waals surface area contributed by atoms with Crippen molar-refractivity contribution >= 4 is 35.8 Å². The molecule has 1 aromatic carbocycles. The second-order valence-electron chi connectivity index (χ2n) is 7.02. The third-order valence-corrected chi connectivity index (χ3v) is 4.62. The average molecular weight is 488 g/mol. The fraction of sp³-hybridized carbons (Fsp3) is 0.579. The lowest BCUT2D eigenvalue weighted by atomic mass is 10.2. The van der Waals surface area contributed by atoms with E-state index in [-0.39, 0.29) is 47.9 Å². The van der Waals surface area contributed by atoms with Crippen LogP contribution >= 0.6 is 24.0 Å². The Hall–Kier alpha value is -1.71. The van der Waals surface area contributed by atoms with Crippen molar-refractivity contribution in [3.05, 3.63) is 24.3 Å². The molecule has 2 unspecified atom stereocenters.